The summed E-state index contributed by atoms with van der Waals surface area (Å²) in [5.41, 5.74) is -2.07. The monoisotopic (exact) mass is 556 g/mol. The van der Waals surface area contributed by atoms with Gasteiger partial charge in [-0.2, -0.15) is 0 Å². The van der Waals surface area contributed by atoms with Gasteiger partial charge in [-0.1, -0.05) is 41.5 Å². The van der Waals surface area contributed by atoms with Crippen LogP contribution < -0.4 is 0 Å². The van der Waals surface area contributed by atoms with Crippen molar-refractivity contribution >= 4 is 23.7 Å². The molecule has 0 amide bonds. The summed E-state index contributed by atoms with van der Waals surface area (Å²) >= 11 is 0. The molecular weight excluding hydrogens is 516 g/mol. The van der Waals surface area contributed by atoms with Gasteiger partial charge < -0.3 is 23.4 Å². The molecule has 218 valence electrons. The number of carbonyl (C=O) groups excluding carboxylic acids is 4. The summed E-state index contributed by atoms with van der Waals surface area (Å²) in [6, 6.07) is 1.83. The molecule has 3 aliphatic carbocycles. The molecule has 2 saturated heterocycles. The third-order valence-electron chi connectivity index (χ3n) is 11.5. The number of furan rings is 1. The van der Waals surface area contributed by atoms with Crippen molar-refractivity contribution in [3.05, 3.63) is 24.2 Å². The average Bonchev–Trinajstić information content (AvgIpc) is 3.35. The molecule has 1 aromatic rings. The molecule has 9 nitrogen and oxygen atoms in total. The first-order valence-electron chi connectivity index (χ1n) is 14.5. The first kappa shape index (κ1) is 27.5. The van der Waals surface area contributed by atoms with E-state index in [1.807, 2.05) is 26.8 Å². The molecular formula is C31H40O9. The smallest absolute Gasteiger partial charge is 0.308 e. The number of fused-ring (bicyclic) bond motifs is 5. The second-order valence-corrected chi connectivity index (χ2v) is 14.0. The highest BCUT2D eigenvalue weighted by atomic mass is 16.6. The molecule has 0 radical (unpaired) electrons. The SMILES string of the molecule is COC(=O)C[C@H]1C(C)(C)[C@@H](OC(=O)C(C)C)C2C(=O)[C@@]1(C)[C@H]1CC[C@]3(C)[C@@H](c4ccoc4)OC(=O)C[C@H]3[C@@]13O[C@@H]23. The Bertz CT molecular complexity index is 1250. The third kappa shape index (κ3) is 3.36. The lowest BCUT2D eigenvalue weighted by Crippen LogP contribution is -2.72. The molecule has 1 aromatic heterocycles. The fourth-order valence-electron chi connectivity index (χ4n) is 9.57. The highest BCUT2D eigenvalue weighted by molar-refractivity contribution is 5.93. The summed E-state index contributed by atoms with van der Waals surface area (Å²) in [5.74, 6) is -3.09. The number of Topliss-reactive ketones (excluding diaryl/α,β-unsaturated/α-hetero) is 1. The van der Waals surface area contributed by atoms with Crippen LogP contribution in [0, 0.1) is 45.8 Å². The van der Waals surface area contributed by atoms with Gasteiger partial charge in [0.05, 0.1) is 37.9 Å². The Labute approximate surface area is 234 Å². The lowest BCUT2D eigenvalue weighted by molar-refractivity contribution is -0.222. The van der Waals surface area contributed by atoms with E-state index in [4.69, 9.17) is 23.4 Å². The Morgan fingerprint density at radius 2 is 1.85 bits per heavy atom. The van der Waals surface area contributed by atoms with Crippen LogP contribution in [0.25, 0.3) is 0 Å². The first-order valence-corrected chi connectivity index (χ1v) is 14.5. The van der Waals surface area contributed by atoms with Gasteiger partial charge in [-0.25, -0.2) is 0 Å². The van der Waals surface area contributed by atoms with Gasteiger partial charge in [0.2, 0.25) is 0 Å². The number of cyclic esters (lactones) is 1. The Morgan fingerprint density at radius 1 is 1.12 bits per heavy atom. The molecule has 2 bridgehead atoms. The zero-order valence-electron chi connectivity index (χ0n) is 24.4. The summed E-state index contributed by atoms with van der Waals surface area (Å²) in [5, 5.41) is 0. The van der Waals surface area contributed by atoms with E-state index < -0.39 is 63.9 Å². The zero-order valence-corrected chi connectivity index (χ0v) is 24.4. The molecule has 1 spiro atoms. The molecule has 1 unspecified atom stereocenters. The number of ketones is 1. The molecule has 10 atom stereocenters. The minimum atomic E-state index is -0.941. The van der Waals surface area contributed by atoms with Crippen molar-refractivity contribution in [2.75, 3.05) is 7.11 Å². The lowest BCUT2D eigenvalue weighted by atomic mass is 9.37. The van der Waals surface area contributed by atoms with Gasteiger partial charge in [0, 0.05) is 40.1 Å². The Morgan fingerprint density at radius 3 is 2.48 bits per heavy atom. The standard InChI is InChI=1S/C31H40O9/c1-15(2)27(35)39-25-22-23(34)30(6,18(28(25,3)4)12-20(32)36-7)17-8-10-29(5)19(31(17)26(22)40-31)13-21(33)38-24(29)16-9-11-37-14-16/h9,11,14-15,17-19,22,24-26H,8,10,12-13H2,1-7H3/t17-,18+,19-,22?,24-,25+,26+,29+,30+,31+/m1/s1. The van der Waals surface area contributed by atoms with Crippen molar-refractivity contribution in [2.45, 2.75) is 91.1 Å². The van der Waals surface area contributed by atoms with Crippen molar-refractivity contribution in [2.24, 2.45) is 45.8 Å². The van der Waals surface area contributed by atoms with Crippen LogP contribution in [0.5, 0.6) is 0 Å². The van der Waals surface area contributed by atoms with Crippen LogP contribution in [0.15, 0.2) is 23.0 Å². The van der Waals surface area contributed by atoms with Crippen molar-refractivity contribution in [3.8, 4) is 0 Å². The van der Waals surface area contributed by atoms with E-state index in [-0.39, 0.29) is 42.3 Å². The first-order chi connectivity index (χ1) is 18.7. The van der Waals surface area contributed by atoms with E-state index in [2.05, 4.69) is 6.92 Å². The van der Waals surface area contributed by atoms with Crippen LogP contribution in [0.2, 0.25) is 0 Å². The number of methoxy groups -OCH3 is 1. The van der Waals surface area contributed by atoms with Crippen LogP contribution in [-0.4, -0.2) is 48.6 Å². The molecule has 5 aliphatic rings. The van der Waals surface area contributed by atoms with Crippen molar-refractivity contribution in [3.63, 3.8) is 0 Å². The molecule has 0 aromatic carbocycles. The van der Waals surface area contributed by atoms with Gasteiger partial charge in [-0.05, 0) is 24.8 Å². The summed E-state index contributed by atoms with van der Waals surface area (Å²) in [6.07, 6.45) is 3.02. The van der Waals surface area contributed by atoms with E-state index in [1.54, 1.807) is 26.4 Å². The number of carbonyl (C=O) groups is 4. The second kappa shape index (κ2) is 8.66. The average molecular weight is 557 g/mol. The normalized spacial score (nSPS) is 44.5. The van der Waals surface area contributed by atoms with Crippen LogP contribution in [0.3, 0.4) is 0 Å². The number of hydrogen-bond acceptors (Lipinski definition) is 9. The van der Waals surface area contributed by atoms with Crippen LogP contribution in [0.4, 0.5) is 0 Å². The third-order valence-corrected chi connectivity index (χ3v) is 11.5. The maximum atomic E-state index is 14.6. The molecule has 9 heteroatoms. The minimum Gasteiger partial charge on any atom is -0.472 e. The largest absolute Gasteiger partial charge is 0.472 e. The molecule has 3 saturated carbocycles. The van der Waals surface area contributed by atoms with Gasteiger partial charge in [-0.3, -0.25) is 19.2 Å². The fraction of sp³-hybridized carbons (Fsp3) is 0.742. The number of ether oxygens (including phenoxy) is 4. The van der Waals surface area contributed by atoms with Crippen LogP contribution >= 0.6 is 0 Å². The Hall–Kier alpha value is -2.68. The predicted molar refractivity (Wildman–Crippen MR) is 139 cm³/mol. The second-order valence-electron chi connectivity index (χ2n) is 14.0. The number of esters is 3. The maximum absolute atomic E-state index is 14.6. The van der Waals surface area contributed by atoms with Crippen molar-refractivity contribution < 1.29 is 42.5 Å². The minimum absolute atomic E-state index is 0.0150. The van der Waals surface area contributed by atoms with E-state index in [9.17, 15) is 19.2 Å². The van der Waals surface area contributed by atoms with Crippen molar-refractivity contribution in [1.82, 2.24) is 0 Å². The molecule has 3 heterocycles. The van der Waals surface area contributed by atoms with E-state index >= 15 is 0 Å². The zero-order chi connectivity index (χ0) is 29.0. The fourth-order valence-corrected chi connectivity index (χ4v) is 9.57. The van der Waals surface area contributed by atoms with E-state index in [0.29, 0.717) is 12.8 Å². The Balaban J connectivity index is 1.49. The van der Waals surface area contributed by atoms with Gasteiger partial charge in [0.25, 0.3) is 0 Å². The van der Waals surface area contributed by atoms with E-state index in [1.165, 1.54) is 7.11 Å². The van der Waals surface area contributed by atoms with Crippen LogP contribution in [-0.2, 0) is 38.1 Å². The highest BCUT2D eigenvalue weighted by Gasteiger charge is 2.86. The summed E-state index contributed by atoms with van der Waals surface area (Å²) in [7, 11) is 1.35. The predicted octanol–water partition coefficient (Wildman–Crippen LogP) is 4.43. The number of hydrogen-bond donors (Lipinski definition) is 0. The highest BCUT2D eigenvalue weighted by Crippen LogP contribution is 2.77. The van der Waals surface area contributed by atoms with Gasteiger partial charge in [0.1, 0.15) is 29.7 Å². The van der Waals surface area contributed by atoms with Gasteiger partial charge >= 0.3 is 17.9 Å². The molecule has 6 rings (SSSR count). The molecule has 2 aliphatic heterocycles. The molecule has 0 N–H and O–H groups in total. The molecule has 40 heavy (non-hydrogen) atoms. The van der Waals surface area contributed by atoms with E-state index in [0.717, 1.165) is 5.56 Å². The Kier molecular flexibility index (Phi) is 5.95. The van der Waals surface area contributed by atoms with Gasteiger partial charge in [0.15, 0.2) is 0 Å². The maximum Gasteiger partial charge on any atom is 0.308 e. The quantitative estimate of drug-likeness (QED) is 0.294. The summed E-state index contributed by atoms with van der Waals surface area (Å²) in [6.45, 7) is 11.6. The lowest BCUT2D eigenvalue weighted by Gasteiger charge is -2.65. The summed E-state index contributed by atoms with van der Waals surface area (Å²) < 4.78 is 29.3. The molecule has 5 fully saturated rings. The van der Waals surface area contributed by atoms with Crippen molar-refractivity contribution in [1.29, 1.82) is 0 Å². The number of epoxide rings is 1. The summed E-state index contributed by atoms with van der Waals surface area (Å²) in [4.78, 5) is 53.5. The van der Waals surface area contributed by atoms with Crippen LogP contribution in [0.1, 0.15) is 78.9 Å². The van der Waals surface area contributed by atoms with Gasteiger partial charge in [-0.15, -0.1) is 0 Å². The number of rotatable bonds is 5. The topological polar surface area (TPSA) is 122 Å².